The van der Waals surface area contributed by atoms with Crippen LogP contribution in [0.3, 0.4) is 0 Å². The molecule has 1 aliphatic heterocycles. The molecule has 2 aliphatic rings. The lowest BCUT2D eigenvalue weighted by atomic mass is 9.85. The summed E-state index contributed by atoms with van der Waals surface area (Å²) in [6.45, 7) is 4.60. The van der Waals surface area contributed by atoms with Gasteiger partial charge in [0, 0.05) is 18.3 Å². The Labute approximate surface area is 179 Å². The third-order valence-electron chi connectivity index (χ3n) is 5.83. The van der Waals surface area contributed by atoms with Crippen molar-refractivity contribution in [1.82, 2.24) is 4.31 Å². The molecule has 1 saturated carbocycles. The quantitative estimate of drug-likeness (QED) is 0.601. The van der Waals surface area contributed by atoms with E-state index in [9.17, 15) is 17.2 Å². The minimum absolute atomic E-state index is 0.231. The first kappa shape index (κ1) is 24.5. The van der Waals surface area contributed by atoms with Gasteiger partial charge in [0.25, 0.3) is 0 Å². The molecule has 0 bridgehead atoms. The van der Waals surface area contributed by atoms with Crippen molar-refractivity contribution in [3.63, 3.8) is 0 Å². The number of aryl methyl sites for hydroxylation is 1. The highest BCUT2D eigenvalue weighted by Gasteiger charge is 2.25. The fraction of sp³-hybridized carbons (Fsp3) is 0.727. The summed E-state index contributed by atoms with van der Waals surface area (Å²) in [7, 11) is -3.28. The van der Waals surface area contributed by atoms with E-state index in [4.69, 9.17) is 0 Å². The van der Waals surface area contributed by atoms with Gasteiger partial charge < -0.3 is 4.55 Å². The van der Waals surface area contributed by atoms with Crippen LogP contribution in [0.1, 0.15) is 77.2 Å². The third-order valence-corrected chi connectivity index (χ3v) is 8.51. The molecule has 5 nitrogen and oxygen atoms in total. The van der Waals surface area contributed by atoms with Crippen LogP contribution >= 0.6 is 0 Å². The molecule has 0 spiro atoms. The normalized spacial score (nSPS) is 20.1. The van der Waals surface area contributed by atoms with Crippen molar-refractivity contribution >= 4 is 21.1 Å². The second kappa shape index (κ2) is 12.2. The van der Waals surface area contributed by atoms with Crippen LogP contribution in [0, 0.1) is 5.92 Å². The zero-order valence-corrected chi connectivity index (χ0v) is 19.5. The monoisotopic (exact) mass is 442 g/mol. The average Bonchev–Trinajstić information content (AvgIpc) is 2.74. The van der Waals surface area contributed by atoms with E-state index in [2.05, 4.69) is 0 Å². The molecule has 1 aromatic carbocycles. The summed E-state index contributed by atoms with van der Waals surface area (Å²) in [6.07, 6.45) is 12.4. The minimum atomic E-state index is -3.28. The van der Waals surface area contributed by atoms with Crippen molar-refractivity contribution in [2.24, 2.45) is 5.92 Å². The molecule has 0 N–H and O–H groups in total. The maximum absolute atomic E-state index is 12.6. The van der Waals surface area contributed by atoms with Gasteiger partial charge in [-0.3, -0.25) is 4.21 Å². The number of nitrogens with zero attached hydrogens (tertiary/aromatic N) is 1. The molecule has 1 heterocycles. The molecule has 1 unspecified atom stereocenters. The number of hydrogen-bond donors (Lipinski definition) is 0. The zero-order valence-electron chi connectivity index (χ0n) is 17.8. The standard InChI is InChI=1S/C19H29NO2S.C3H8O2S/c21-23(22,20-15-5-2-6-16-20)19-13-11-18(12-14-19)10-9-17-7-3-1-4-8-17;1-3(2)6(4)5/h11-14,17H,1-10,15-16H2;3H,1-2H3,(H,4,5)/p-1. The lowest BCUT2D eigenvalue weighted by molar-refractivity contribution is 0.339. The zero-order chi connectivity index (χ0) is 21.3. The summed E-state index contributed by atoms with van der Waals surface area (Å²) >= 11 is -1.87. The van der Waals surface area contributed by atoms with Crippen LogP contribution in [0.4, 0.5) is 0 Å². The van der Waals surface area contributed by atoms with Gasteiger partial charge >= 0.3 is 0 Å². The van der Waals surface area contributed by atoms with Crippen molar-refractivity contribution in [3.05, 3.63) is 29.8 Å². The Morgan fingerprint density at radius 3 is 2.03 bits per heavy atom. The summed E-state index contributed by atoms with van der Waals surface area (Å²) in [5.74, 6) is 0.875. The minimum Gasteiger partial charge on any atom is -0.772 e. The summed E-state index contributed by atoms with van der Waals surface area (Å²) in [5, 5.41) is -0.231. The fourth-order valence-electron chi connectivity index (χ4n) is 3.93. The fourth-order valence-corrected chi connectivity index (χ4v) is 5.45. The highest BCUT2D eigenvalue weighted by molar-refractivity contribution is 7.89. The molecule has 1 saturated heterocycles. The second-order valence-electron chi connectivity index (χ2n) is 8.46. The van der Waals surface area contributed by atoms with Gasteiger partial charge in [-0.15, -0.1) is 0 Å². The van der Waals surface area contributed by atoms with Crippen LogP contribution in [-0.4, -0.2) is 39.8 Å². The molecule has 0 radical (unpaired) electrons. The SMILES string of the molecule is CC(C)S(=O)[O-].O=S(=O)(c1ccc(CCC2CCCCC2)cc1)N1CCCCC1. The Hall–Kier alpha value is -0.760. The van der Waals surface area contributed by atoms with Gasteiger partial charge in [-0.2, -0.15) is 4.31 Å². The first-order chi connectivity index (χ1) is 13.8. The number of hydrogen-bond acceptors (Lipinski definition) is 4. The molecule has 1 atom stereocenters. The van der Waals surface area contributed by atoms with Crippen molar-refractivity contribution in [3.8, 4) is 0 Å². The smallest absolute Gasteiger partial charge is 0.243 e. The maximum atomic E-state index is 12.6. The lowest BCUT2D eigenvalue weighted by Crippen LogP contribution is -2.35. The van der Waals surface area contributed by atoms with Crippen LogP contribution in [0.25, 0.3) is 0 Å². The Morgan fingerprint density at radius 2 is 1.52 bits per heavy atom. The van der Waals surface area contributed by atoms with E-state index in [1.807, 2.05) is 12.1 Å². The van der Waals surface area contributed by atoms with Gasteiger partial charge in [0.1, 0.15) is 0 Å². The van der Waals surface area contributed by atoms with Gasteiger partial charge in [-0.25, -0.2) is 8.42 Å². The molecule has 0 amide bonds. The Kier molecular flexibility index (Phi) is 10.3. The number of rotatable bonds is 6. The molecular weight excluding hydrogens is 406 g/mol. The molecule has 1 aromatic rings. The summed E-state index contributed by atoms with van der Waals surface area (Å²) in [5.41, 5.74) is 1.27. The predicted octanol–water partition coefficient (Wildman–Crippen LogP) is 4.65. The van der Waals surface area contributed by atoms with E-state index in [1.165, 1.54) is 44.1 Å². The molecule has 1 aliphatic carbocycles. The van der Waals surface area contributed by atoms with Crippen LogP contribution in [0.2, 0.25) is 0 Å². The average molecular weight is 443 g/mol. The molecule has 29 heavy (non-hydrogen) atoms. The Bertz CT molecular complexity index is 720. The van der Waals surface area contributed by atoms with Crippen LogP contribution in [-0.2, 0) is 27.5 Å². The van der Waals surface area contributed by atoms with Gasteiger partial charge in [-0.1, -0.05) is 75.6 Å². The molecule has 2 fully saturated rings. The summed E-state index contributed by atoms with van der Waals surface area (Å²) < 4.78 is 46.3. The van der Waals surface area contributed by atoms with E-state index in [-0.39, 0.29) is 5.25 Å². The van der Waals surface area contributed by atoms with Gasteiger partial charge in [-0.05, 0) is 49.3 Å². The lowest BCUT2D eigenvalue weighted by Gasteiger charge is -2.26. The van der Waals surface area contributed by atoms with Gasteiger partial charge in [0.2, 0.25) is 10.0 Å². The van der Waals surface area contributed by atoms with Gasteiger partial charge in [0.15, 0.2) is 0 Å². The molecular formula is C22H36NO4S2-. The van der Waals surface area contributed by atoms with Crippen molar-refractivity contribution < 1.29 is 17.2 Å². The van der Waals surface area contributed by atoms with E-state index in [1.54, 1.807) is 30.3 Å². The largest absolute Gasteiger partial charge is 0.772 e. The van der Waals surface area contributed by atoms with Crippen LogP contribution in [0.5, 0.6) is 0 Å². The van der Waals surface area contributed by atoms with E-state index < -0.39 is 21.1 Å². The van der Waals surface area contributed by atoms with E-state index in [0.29, 0.717) is 18.0 Å². The Balaban J connectivity index is 0.000000438. The first-order valence-electron chi connectivity index (χ1n) is 11.0. The molecule has 3 rings (SSSR count). The van der Waals surface area contributed by atoms with Crippen LogP contribution in [0.15, 0.2) is 29.2 Å². The summed E-state index contributed by atoms with van der Waals surface area (Å²) in [6, 6.07) is 7.64. The number of sulfonamides is 1. The number of benzene rings is 1. The highest BCUT2D eigenvalue weighted by Crippen LogP contribution is 2.28. The van der Waals surface area contributed by atoms with Crippen LogP contribution < -0.4 is 0 Å². The number of piperidine rings is 1. The first-order valence-corrected chi connectivity index (χ1v) is 13.6. The molecule has 7 heteroatoms. The third kappa shape index (κ3) is 8.12. The maximum Gasteiger partial charge on any atom is 0.243 e. The molecule has 0 aromatic heterocycles. The topological polar surface area (TPSA) is 77.5 Å². The van der Waals surface area contributed by atoms with Crippen molar-refractivity contribution in [1.29, 1.82) is 0 Å². The van der Waals surface area contributed by atoms with Crippen molar-refractivity contribution in [2.45, 2.75) is 88.2 Å². The molecule has 166 valence electrons. The van der Waals surface area contributed by atoms with Crippen molar-refractivity contribution in [2.75, 3.05) is 13.1 Å². The Morgan fingerprint density at radius 1 is 1.00 bits per heavy atom. The van der Waals surface area contributed by atoms with E-state index >= 15 is 0 Å². The van der Waals surface area contributed by atoms with E-state index in [0.717, 1.165) is 31.6 Å². The summed E-state index contributed by atoms with van der Waals surface area (Å²) in [4.78, 5) is 0.459. The van der Waals surface area contributed by atoms with Gasteiger partial charge in [0.05, 0.1) is 4.90 Å². The second-order valence-corrected chi connectivity index (χ2v) is 11.9. The highest BCUT2D eigenvalue weighted by atomic mass is 32.2. The predicted molar refractivity (Wildman–Crippen MR) is 118 cm³/mol.